The van der Waals surface area contributed by atoms with Crippen LogP contribution in [0.15, 0.2) is 59.5 Å². The molecule has 0 amide bonds. The molecule has 0 spiro atoms. The van der Waals surface area contributed by atoms with Gasteiger partial charge in [0.15, 0.2) is 0 Å². The normalized spacial score (nSPS) is 11.6. The molecule has 0 saturated heterocycles. The maximum atomic E-state index is 12.9. The van der Waals surface area contributed by atoms with Gasteiger partial charge in [-0.2, -0.15) is 4.31 Å². The molecule has 6 nitrogen and oxygen atoms in total. The average molecular weight is 348 g/mol. The molecule has 24 heavy (non-hydrogen) atoms. The highest BCUT2D eigenvalue weighted by molar-refractivity contribution is 7.89. The zero-order chi connectivity index (χ0) is 17.6. The minimum atomic E-state index is -3.80. The molecule has 2 aromatic carbocycles. The predicted molar refractivity (Wildman–Crippen MR) is 92.0 cm³/mol. The quantitative estimate of drug-likeness (QED) is 0.539. The molecule has 0 heterocycles. The van der Waals surface area contributed by atoms with Crippen LogP contribution in [0, 0.1) is 10.1 Å². The van der Waals surface area contributed by atoms with Gasteiger partial charge >= 0.3 is 0 Å². The number of sulfonamides is 1. The lowest BCUT2D eigenvalue weighted by molar-refractivity contribution is -0.385. The zero-order valence-corrected chi connectivity index (χ0v) is 14.3. The van der Waals surface area contributed by atoms with Crippen LogP contribution in [0.2, 0.25) is 0 Å². The molecule has 0 atom stereocenters. The number of hydrogen-bond acceptors (Lipinski definition) is 4. The lowest BCUT2D eigenvalue weighted by atomic mass is 10.2. The Morgan fingerprint density at radius 2 is 1.79 bits per heavy atom. The van der Waals surface area contributed by atoms with Gasteiger partial charge in [-0.3, -0.25) is 10.1 Å². The summed E-state index contributed by atoms with van der Waals surface area (Å²) in [7, 11) is -3.80. The van der Waals surface area contributed by atoms with E-state index in [1.165, 1.54) is 22.5 Å². The third-order valence-corrected chi connectivity index (χ3v) is 5.47. The van der Waals surface area contributed by atoms with Crippen molar-refractivity contribution in [3.63, 3.8) is 0 Å². The van der Waals surface area contributed by atoms with Gasteiger partial charge in [-0.05, 0) is 18.1 Å². The van der Waals surface area contributed by atoms with Crippen molar-refractivity contribution in [1.82, 2.24) is 4.31 Å². The van der Waals surface area contributed by atoms with Gasteiger partial charge in [0, 0.05) is 25.2 Å². The van der Waals surface area contributed by atoms with Crippen LogP contribution in [-0.2, 0) is 16.6 Å². The van der Waals surface area contributed by atoms with Crippen LogP contribution in [0.1, 0.15) is 25.3 Å². The first-order valence-electron chi connectivity index (χ1n) is 7.73. The van der Waals surface area contributed by atoms with Crippen molar-refractivity contribution in [2.24, 2.45) is 0 Å². The monoisotopic (exact) mass is 348 g/mol. The molecule has 128 valence electrons. The van der Waals surface area contributed by atoms with Crippen molar-refractivity contribution in [2.45, 2.75) is 31.2 Å². The molecule has 2 aromatic rings. The van der Waals surface area contributed by atoms with Crippen LogP contribution in [0.4, 0.5) is 5.69 Å². The van der Waals surface area contributed by atoms with E-state index in [1.807, 2.05) is 37.3 Å². The lowest BCUT2D eigenvalue weighted by Crippen LogP contribution is -2.31. The fourth-order valence-electron chi connectivity index (χ4n) is 2.31. The molecule has 0 saturated carbocycles. The Bertz CT molecular complexity index is 791. The molecule has 0 aromatic heterocycles. The van der Waals surface area contributed by atoms with Gasteiger partial charge in [0.25, 0.3) is 5.69 Å². The molecule has 0 aliphatic rings. The summed E-state index contributed by atoms with van der Waals surface area (Å²) in [4.78, 5) is 10.3. The van der Waals surface area contributed by atoms with Gasteiger partial charge in [0.1, 0.15) is 0 Å². The molecule has 0 aliphatic carbocycles. The van der Waals surface area contributed by atoms with Crippen molar-refractivity contribution in [3.05, 3.63) is 70.3 Å². The SMILES string of the molecule is CCCCN(Cc1ccccc1)S(=O)(=O)c1cccc([N+](=O)[O-])c1. The molecule has 0 radical (unpaired) electrons. The smallest absolute Gasteiger partial charge is 0.258 e. The van der Waals surface area contributed by atoms with Crippen molar-refractivity contribution in [3.8, 4) is 0 Å². The molecular formula is C17H20N2O4S. The van der Waals surface area contributed by atoms with Crippen molar-refractivity contribution < 1.29 is 13.3 Å². The molecule has 0 aliphatic heterocycles. The van der Waals surface area contributed by atoms with Gasteiger partial charge in [-0.1, -0.05) is 49.7 Å². The van der Waals surface area contributed by atoms with Crippen LogP contribution in [0.3, 0.4) is 0 Å². The largest absolute Gasteiger partial charge is 0.270 e. The summed E-state index contributed by atoms with van der Waals surface area (Å²) in [5.74, 6) is 0. The minimum absolute atomic E-state index is 0.0521. The molecule has 7 heteroatoms. The van der Waals surface area contributed by atoms with Crippen LogP contribution in [-0.4, -0.2) is 24.2 Å². The van der Waals surface area contributed by atoms with Gasteiger partial charge in [-0.15, -0.1) is 0 Å². The summed E-state index contributed by atoms with van der Waals surface area (Å²) in [5.41, 5.74) is 0.647. The van der Waals surface area contributed by atoms with E-state index in [4.69, 9.17) is 0 Å². The van der Waals surface area contributed by atoms with Crippen molar-refractivity contribution in [2.75, 3.05) is 6.54 Å². The Morgan fingerprint density at radius 3 is 2.42 bits per heavy atom. The minimum Gasteiger partial charge on any atom is -0.258 e. The molecule has 0 N–H and O–H groups in total. The predicted octanol–water partition coefficient (Wildman–Crippen LogP) is 3.59. The topological polar surface area (TPSA) is 80.5 Å². The number of unbranched alkanes of at least 4 members (excludes halogenated alkanes) is 1. The number of rotatable bonds is 8. The van der Waals surface area contributed by atoms with E-state index in [9.17, 15) is 18.5 Å². The van der Waals surface area contributed by atoms with Crippen LogP contribution < -0.4 is 0 Å². The number of non-ortho nitro benzene ring substituents is 1. The number of nitrogens with zero attached hydrogens (tertiary/aromatic N) is 2. The van der Waals surface area contributed by atoms with E-state index < -0.39 is 14.9 Å². The van der Waals surface area contributed by atoms with Gasteiger partial charge in [0.2, 0.25) is 10.0 Å². The van der Waals surface area contributed by atoms with Crippen LogP contribution >= 0.6 is 0 Å². The molecule has 2 rings (SSSR count). The summed E-state index contributed by atoms with van der Waals surface area (Å²) in [5, 5.41) is 10.9. The number of nitro groups is 1. The Morgan fingerprint density at radius 1 is 1.08 bits per heavy atom. The summed E-state index contributed by atoms with van der Waals surface area (Å²) in [6, 6.07) is 14.5. The third kappa shape index (κ3) is 4.39. The average Bonchev–Trinajstić information content (AvgIpc) is 2.59. The maximum absolute atomic E-state index is 12.9. The summed E-state index contributed by atoms with van der Waals surface area (Å²) in [6.45, 7) is 2.60. The van der Waals surface area contributed by atoms with Crippen LogP contribution in [0.5, 0.6) is 0 Å². The molecular weight excluding hydrogens is 328 g/mol. The fraction of sp³-hybridized carbons (Fsp3) is 0.294. The van der Waals surface area contributed by atoms with Crippen molar-refractivity contribution in [1.29, 1.82) is 0 Å². The molecule has 0 bridgehead atoms. The number of benzene rings is 2. The third-order valence-electron chi connectivity index (χ3n) is 3.63. The Balaban J connectivity index is 2.36. The van der Waals surface area contributed by atoms with E-state index in [1.54, 1.807) is 0 Å². The first kappa shape index (κ1) is 18.1. The van der Waals surface area contributed by atoms with Crippen LogP contribution in [0.25, 0.3) is 0 Å². The zero-order valence-electron chi connectivity index (χ0n) is 13.5. The standard InChI is InChI=1S/C17H20N2O4S/c1-2-3-12-18(14-15-8-5-4-6-9-15)24(22,23)17-11-7-10-16(13-17)19(20)21/h4-11,13H,2-3,12,14H2,1H3. The first-order valence-corrected chi connectivity index (χ1v) is 9.17. The summed E-state index contributed by atoms with van der Waals surface area (Å²) < 4.78 is 27.2. The summed E-state index contributed by atoms with van der Waals surface area (Å²) >= 11 is 0. The van der Waals surface area contributed by atoms with E-state index in [0.717, 1.165) is 24.5 Å². The highest BCUT2D eigenvalue weighted by Crippen LogP contribution is 2.23. The van der Waals surface area contributed by atoms with E-state index in [-0.39, 0.29) is 17.1 Å². The maximum Gasteiger partial charge on any atom is 0.270 e. The first-order chi connectivity index (χ1) is 11.4. The Labute approximate surface area is 141 Å². The Hall–Kier alpha value is -2.25. The number of hydrogen-bond donors (Lipinski definition) is 0. The highest BCUT2D eigenvalue weighted by Gasteiger charge is 2.25. The van der Waals surface area contributed by atoms with Gasteiger partial charge in [-0.25, -0.2) is 8.42 Å². The van der Waals surface area contributed by atoms with Gasteiger partial charge in [0.05, 0.1) is 9.82 Å². The lowest BCUT2D eigenvalue weighted by Gasteiger charge is -2.22. The second-order valence-electron chi connectivity index (χ2n) is 5.43. The van der Waals surface area contributed by atoms with Gasteiger partial charge < -0.3 is 0 Å². The number of nitro benzene ring substituents is 1. The molecule has 0 fully saturated rings. The fourth-order valence-corrected chi connectivity index (χ4v) is 3.82. The summed E-state index contributed by atoms with van der Waals surface area (Å²) in [6.07, 6.45) is 1.58. The van der Waals surface area contributed by atoms with E-state index >= 15 is 0 Å². The van der Waals surface area contributed by atoms with E-state index in [0.29, 0.717) is 6.54 Å². The highest BCUT2D eigenvalue weighted by atomic mass is 32.2. The Kier molecular flexibility index (Phi) is 6.05. The second-order valence-corrected chi connectivity index (χ2v) is 7.37. The van der Waals surface area contributed by atoms with E-state index in [2.05, 4.69) is 0 Å². The second kappa shape index (κ2) is 8.03. The molecule has 0 unspecified atom stereocenters. The van der Waals surface area contributed by atoms with Crippen molar-refractivity contribution >= 4 is 15.7 Å².